The van der Waals surface area contributed by atoms with Gasteiger partial charge in [0.2, 0.25) is 5.91 Å². The number of nitrogens with one attached hydrogen (secondary N) is 2. The Labute approximate surface area is 147 Å². The lowest BCUT2D eigenvalue weighted by Gasteiger charge is -2.15. The van der Waals surface area contributed by atoms with Crippen molar-refractivity contribution in [2.45, 2.75) is 13.5 Å². The van der Waals surface area contributed by atoms with Crippen molar-refractivity contribution in [2.75, 3.05) is 12.4 Å². The molecule has 0 saturated carbocycles. The standard InChI is InChI=1S/C17H16N4O3S/c1-10(22)18-15-8-7-13(25-15)17(24)21(2)9-14-19-12-6-4-3-5-11(12)16(23)20-14/h3-8H,9H2,1-2H3,(H,18,22)(H,19,20,23). The van der Waals surface area contributed by atoms with E-state index in [1.165, 1.54) is 23.2 Å². The quantitative estimate of drug-likeness (QED) is 0.749. The van der Waals surface area contributed by atoms with Crippen LogP contribution in [0.5, 0.6) is 0 Å². The molecule has 0 bridgehead atoms. The first-order valence-electron chi connectivity index (χ1n) is 7.55. The van der Waals surface area contributed by atoms with E-state index in [9.17, 15) is 14.4 Å². The molecule has 0 saturated heterocycles. The van der Waals surface area contributed by atoms with Gasteiger partial charge in [0.15, 0.2) is 0 Å². The van der Waals surface area contributed by atoms with Crippen molar-refractivity contribution in [2.24, 2.45) is 0 Å². The zero-order valence-corrected chi connectivity index (χ0v) is 14.5. The fourth-order valence-corrected chi connectivity index (χ4v) is 3.33. The second-order valence-corrected chi connectivity index (χ2v) is 6.62. The Hall–Kier alpha value is -3.00. The first-order valence-corrected chi connectivity index (χ1v) is 8.36. The highest BCUT2D eigenvalue weighted by Crippen LogP contribution is 2.23. The van der Waals surface area contributed by atoms with E-state index in [-0.39, 0.29) is 23.9 Å². The Morgan fingerprint density at radius 3 is 2.76 bits per heavy atom. The summed E-state index contributed by atoms with van der Waals surface area (Å²) in [5.74, 6) is 0.0164. The number of carbonyl (C=O) groups is 2. The second kappa shape index (κ2) is 6.86. The maximum atomic E-state index is 12.5. The van der Waals surface area contributed by atoms with E-state index >= 15 is 0 Å². The molecule has 0 aliphatic carbocycles. The fourth-order valence-electron chi connectivity index (χ4n) is 2.39. The van der Waals surface area contributed by atoms with E-state index in [2.05, 4.69) is 15.3 Å². The molecule has 3 rings (SSSR count). The van der Waals surface area contributed by atoms with Gasteiger partial charge >= 0.3 is 0 Å². The molecule has 0 aliphatic rings. The van der Waals surface area contributed by atoms with Gasteiger partial charge in [-0.1, -0.05) is 12.1 Å². The molecule has 25 heavy (non-hydrogen) atoms. The third-order valence-electron chi connectivity index (χ3n) is 3.51. The highest BCUT2D eigenvalue weighted by atomic mass is 32.1. The van der Waals surface area contributed by atoms with Gasteiger partial charge < -0.3 is 15.2 Å². The van der Waals surface area contributed by atoms with Crippen LogP contribution in [0.15, 0.2) is 41.2 Å². The van der Waals surface area contributed by atoms with Crippen molar-refractivity contribution in [3.63, 3.8) is 0 Å². The number of rotatable bonds is 4. The van der Waals surface area contributed by atoms with Gasteiger partial charge in [0, 0.05) is 14.0 Å². The Morgan fingerprint density at radius 1 is 1.24 bits per heavy atom. The Morgan fingerprint density at radius 2 is 2.00 bits per heavy atom. The largest absolute Gasteiger partial charge is 0.334 e. The maximum absolute atomic E-state index is 12.5. The third-order valence-corrected chi connectivity index (χ3v) is 4.50. The number of aromatic amines is 1. The van der Waals surface area contributed by atoms with E-state index < -0.39 is 0 Å². The summed E-state index contributed by atoms with van der Waals surface area (Å²) in [6, 6.07) is 10.4. The smallest absolute Gasteiger partial charge is 0.264 e. The van der Waals surface area contributed by atoms with Crippen molar-refractivity contribution in [1.82, 2.24) is 14.9 Å². The van der Waals surface area contributed by atoms with Crippen LogP contribution in [0.4, 0.5) is 5.00 Å². The molecule has 8 heteroatoms. The molecule has 0 atom stereocenters. The minimum absolute atomic E-state index is 0.173. The van der Waals surface area contributed by atoms with Crippen molar-refractivity contribution >= 4 is 39.1 Å². The lowest BCUT2D eigenvalue weighted by atomic mass is 10.2. The minimum Gasteiger partial charge on any atom is -0.334 e. The van der Waals surface area contributed by atoms with Crippen LogP contribution < -0.4 is 10.9 Å². The summed E-state index contributed by atoms with van der Waals surface area (Å²) in [5.41, 5.74) is 0.358. The molecule has 0 fully saturated rings. The number of hydrogen-bond donors (Lipinski definition) is 2. The molecule has 2 aromatic heterocycles. The van der Waals surface area contributed by atoms with Crippen LogP contribution in [0.3, 0.4) is 0 Å². The molecule has 0 radical (unpaired) electrons. The molecular weight excluding hydrogens is 340 g/mol. The maximum Gasteiger partial charge on any atom is 0.264 e. The van der Waals surface area contributed by atoms with Gasteiger partial charge in [0.05, 0.1) is 27.3 Å². The van der Waals surface area contributed by atoms with E-state index in [0.29, 0.717) is 26.6 Å². The normalized spacial score (nSPS) is 10.6. The van der Waals surface area contributed by atoms with Crippen molar-refractivity contribution < 1.29 is 9.59 Å². The Balaban J connectivity index is 1.78. The molecule has 0 unspecified atom stereocenters. The van der Waals surface area contributed by atoms with Gasteiger partial charge in [-0.05, 0) is 24.3 Å². The first-order chi connectivity index (χ1) is 11.9. The topological polar surface area (TPSA) is 95.2 Å². The number of anilines is 1. The fraction of sp³-hybridized carbons (Fsp3) is 0.176. The summed E-state index contributed by atoms with van der Waals surface area (Å²) >= 11 is 1.20. The van der Waals surface area contributed by atoms with Crippen molar-refractivity contribution in [3.8, 4) is 0 Å². The molecule has 3 aromatic rings. The number of nitrogens with zero attached hydrogens (tertiary/aromatic N) is 2. The van der Waals surface area contributed by atoms with E-state index in [4.69, 9.17) is 0 Å². The predicted molar refractivity (Wildman–Crippen MR) is 96.8 cm³/mol. The summed E-state index contributed by atoms with van der Waals surface area (Å²) in [6.07, 6.45) is 0. The minimum atomic E-state index is -0.231. The summed E-state index contributed by atoms with van der Waals surface area (Å²) < 4.78 is 0. The third kappa shape index (κ3) is 3.74. The van der Waals surface area contributed by atoms with Crippen LogP contribution in [-0.4, -0.2) is 33.7 Å². The molecule has 1 aromatic carbocycles. The molecule has 0 aliphatic heterocycles. The lowest BCUT2D eigenvalue weighted by Crippen LogP contribution is -2.27. The Kier molecular flexibility index (Phi) is 4.62. The SMILES string of the molecule is CC(=O)Nc1ccc(C(=O)N(C)Cc2nc3ccccc3c(=O)[nH]2)s1. The number of para-hydroxylation sites is 1. The highest BCUT2D eigenvalue weighted by Gasteiger charge is 2.16. The number of fused-ring (bicyclic) bond motifs is 1. The number of carbonyl (C=O) groups excluding carboxylic acids is 2. The van der Waals surface area contributed by atoms with E-state index in [0.717, 1.165) is 0 Å². The molecule has 7 nitrogen and oxygen atoms in total. The van der Waals surface area contributed by atoms with E-state index in [1.54, 1.807) is 37.4 Å². The average molecular weight is 356 g/mol. The number of benzene rings is 1. The molecule has 2 amide bonds. The summed E-state index contributed by atoms with van der Waals surface area (Å²) in [5, 5.41) is 3.77. The molecule has 128 valence electrons. The summed E-state index contributed by atoms with van der Waals surface area (Å²) in [7, 11) is 1.63. The van der Waals surface area contributed by atoms with Gasteiger partial charge in [-0.25, -0.2) is 4.98 Å². The van der Waals surface area contributed by atoms with E-state index in [1.807, 2.05) is 6.07 Å². The van der Waals surface area contributed by atoms with Gasteiger partial charge in [-0.2, -0.15) is 0 Å². The van der Waals surface area contributed by atoms with Crippen LogP contribution in [0.1, 0.15) is 22.4 Å². The average Bonchev–Trinajstić information content (AvgIpc) is 3.01. The van der Waals surface area contributed by atoms with Gasteiger partial charge in [0.1, 0.15) is 5.82 Å². The molecule has 0 spiro atoms. The van der Waals surface area contributed by atoms with Crippen LogP contribution in [0.25, 0.3) is 10.9 Å². The molecule has 2 heterocycles. The highest BCUT2D eigenvalue weighted by molar-refractivity contribution is 7.18. The summed E-state index contributed by atoms with van der Waals surface area (Å²) in [4.78, 5) is 44.7. The zero-order chi connectivity index (χ0) is 18.0. The second-order valence-electron chi connectivity index (χ2n) is 5.54. The number of thiophene rings is 1. The Bertz CT molecular complexity index is 1010. The number of aromatic nitrogens is 2. The lowest BCUT2D eigenvalue weighted by molar-refractivity contribution is -0.114. The number of hydrogen-bond acceptors (Lipinski definition) is 5. The van der Waals surface area contributed by atoms with Crippen LogP contribution in [-0.2, 0) is 11.3 Å². The number of amides is 2. The zero-order valence-electron chi connectivity index (χ0n) is 13.7. The summed E-state index contributed by atoms with van der Waals surface area (Å²) in [6.45, 7) is 1.58. The van der Waals surface area contributed by atoms with Crippen molar-refractivity contribution in [3.05, 3.63) is 57.5 Å². The van der Waals surface area contributed by atoms with Gasteiger partial charge in [0.25, 0.3) is 11.5 Å². The van der Waals surface area contributed by atoms with Crippen LogP contribution in [0.2, 0.25) is 0 Å². The predicted octanol–water partition coefficient (Wildman–Crippen LogP) is 2.22. The number of H-pyrrole nitrogens is 1. The first kappa shape index (κ1) is 16.8. The van der Waals surface area contributed by atoms with Crippen molar-refractivity contribution in [1.29, 1.82) is 0 Å². The molecule has 2 N–H and O–H groups in total. The van der Waals surface area contributed by atoms with Gasteiger partial charge in [-0.3, -0.25) is 14.4 Å². The van der Waals surface area contributed by atoms with Gasteiger partial charge in [-0.15, -0.1) is 11.3 Å². The van der Waals surface area contributed by atoms with Crippen LogP contribution >= 0.6 is 11.3 Å². The van der Waals surface area contributed by atoms with Crippen LogP contribution in [0, 0.1) is 0 Å². The monoisotopic (exact) mass is 356 g/mol. The molecular formula is C17H16N4O3S.